The molecule has 7 nitrogen and oxygen atoms in total. The van der Waals surface area contributed by atoms with Gasteiger partial charge in [-0.05, 0) is 17.7 Å². The molecule has 2 aromatic rings. The molecule has 0 saturated carbocycles. The number of esters is 1. The number of aliphatic hydroxyl groups is 3. The second-order valence-electron chi connectivity index (χ2n) is 6.28. The maximum Gasteiger partial charge on any atom is 0.338 e. The van der Waals surface area contributed by atoms with Crippen LogP contribution in [0.25, 0.3) is 0 Å². The normalized spacial score (nSPS) is 27.9. The summed E-state index contributed by atoms with van der Waals surface area (Å²) < 4.78 is 15.9. The smallest absolute Gasteiger partial charge is 0.338 e. The van der Waals surface area contributed by atoms with E-state index in [4.69, 9.17) is 14.2 Å². The second kappa shape index (κ2) is 9.07. The summed E-state index contributed by atoms with van der Waals surface area (Å²) in [4.78, 5) is 12.1. The van der Waals surface area contributed by atoms with Gasteiger partial charge in [0.05, 0.1) is 18.8 Å². The van der Waals surface area contributed by atoms with Crippen molar-refractivity contribution in [1.29, 1.82) is 0 Å². The Hall–Kier alpha value is -2.29. The van der Waals surface area contributed by atoms with Gasteiger partial charge in [0.15, 0.2) is 12.4 Å². The van der Waals surface area contributed by atoms with Gasteiger partial charge in [0.25, 0.3) is 0 Å². The van der Waals surface area contributed by atoms with Gasteiger partial charge in [-0.25, -0.2) is 4.79 Å². The van der Waals surface area contributed by atoms with E-state index in [0.717, 1.165) is 5.56 Å². The zero-order valence-corrected chi connectivity index (χ0v) is 14.5. The van der Waals surface area contributed by atoms with Crippen LogP contribution in [0.4, 0.5) is 0 Å². The minimum absolute atomic E-state index is 0.0382. The van der Waals surface area contributed by atoms with Crippen LogP contribution in [-0.2, 0) is 20.8 Å². The van der Waals surface area contributed by atoms with Crippen molar-refractivity contribution < 1.29 is 34.3 Å². The Labute approximate surface area is 156 Å². The van der Waals surface area contributed by atoms with Crippen LogP contribution in [0.15, 0.2) is 60.7 Å². The van der Waals surface area contributed by atoms with Gasteiger partial charge in [0.2, 0.25) is 0 Å². The summed E-state index contributed by atoms with van der Waals surface area (Å²) in [5.41, 5.74) is 1.21. The van der Waals surface area contributed by atoms with Crippen molar-refractivity contribution in [3.63, 3.8) is 0 Å². The predicted molar refractivity (Wildman–Crippen MR) is 94.6 cm³/mol. The number of aliphatic hydroxyl groups excluding tert-OH is 3. The van der Waals surface area contributed by atoms with E-state index in [-0.39, 0.29) is 12.2 Å². The third kappa shape index (κ3) is 4.91. The van der Waals surface area contributed by atoms with E-state index in [1.54, 1.807) is 30.3 Å². The molecule has 1 aliphatic heterocycles. The van der Waals surface area contributed by atoms with E-state index >= 15 is 0 Å². The molecule has 3 rings (SSSR count). The van der Waals surface area contributed by atoms with E-state index < -0.39 is 36.7 Å². The predicted octanol–water partition coefficient (Wildman–Crippen LogP) is 0.868. The average Bonchev–Trinajstić information content (AvgIpc) is 2.70. The SMILES string of the molecule is O=C(O[C@@H]1[C@@H](O)[C@@H](O)[C@@H](COCc2ccccc2)O[C@@H]1O)c1ccccc1. The van der Waals surface area contributed by atoms with Gasteiger partial charge < -0.3 is 29.5 Å². The van der Waals surface area contributed by atoms with Crippen molar-refractivity contribution in [3.8, 4) is 0 Å². The molecule has 0 spiro atoms. The summed E-state index contributed by atoms with van der Waals surface area (Å²) >= 11 is 0. The van der Waals surface area contributed by atoms with E-state index in [2.05, 4.69) is 0 Å². The van der Waals surface area contributed by atoms with Gasteiger partial charge in [0, 0.05) is 0 Å². The third-order valence-corrected chi connectivity index (χ3v) is 4.31. The highest BCUT2D eigenvalue weighted by atomic mass is 16.7. The van der Waals surface area contributed by atoms with Crippen molar-refractivity contribution in [2.24, 2.45) is 0 Å². The first kappa shape index (κ1) is 19.5. The lowest BCUT2D eigenvalue weighted by Crippen LogP contribution is -2.59. The molecule has 3 N–H and O–H groups in total. The molecule has 2 aromatic carbocycles. The quantitative estimate of drug-likeness (QED) is 0.644. The molecule has 0 unspecified atom stereocenters. The van der Waals surface area contributed by atoms with Crippen molar-refractivity contribution in [1.82, 2.24) is 0 Å². The standard InChI is InChI=1S/C20H22O7/c21-16-15(12-25-11-13-7-3-1-4-8-13)26-20(24)18(17(16)22)27-19(23)14-9-5-2-6-10-14/h1-10,15-18,20-22,24H,11-12H2/t15-,16+,17+,18-,20+/m1/s1. The zero-order chi connectivity index (χ0) is 19.2. The van der Waals surface area contributed by atoms with Gasteiger partial charge in [-0.15, -0.1) is 0 Å². The van der Waals surface area contributed by atoms with Crippen LogP contribution in [0.2, 0.25) is 0 Å². The highest BCUT2D eigenvalue weighted by Crippen LogP contribution is 2.24. The van der Waals surface area contributed by atoms with Crippen LogP contribution in [0.3, 0.4) is 0 Å². The van der Waals surface area contributed by atoms with Crippen molar-refractivity contribution in [2.75, 3.05) is 6.61 Å². The fourth-order valence-electron chi connectivity index (χ4n) is 2.82. The average molecular weight is 374 g/mol. The number of rotatable bonds is 6. The maximum atomic E-state index is 12.1. The van der Waals surface area contributed by atoms with Gasteiger partial charge in [-0.1, -0.05) is 48.5 Å². The van der Waals surface area contributed by atoms with E-state index in [0.29, 0.717) is 6.61 Å². The van der Waals surface area contributed by atoms with Gasteiger partial charge >= 0.3 is 5.97 Å². The number of hydrogen-bond acceptors (Lipinski definition) is 7. The Balaban J connectivity index is 1.55. The molecule has 7 heteroatoms. The zero-order valence-electron chi connectivity index (χ0n) is 14.5. The first-order valence-corrected chi connectivity index (χ1v) is 8.63. The first-order chi connectivity index (χ1) is 13.1. The lowest BCUT2D eigenvalue weighted by atomic mass is 9.99. The van der Waals surface area contributed by atoms with Crippen molar-refractivity contribution >= 4 is 5.97 Å². The molecule has 0 amide bonds. The minimum Gasteiger partial charge on any atom is -0.450 e. The molecule has 0 aliphatic carbocycles. The molecule has 0 aromatic heterocycles. The second-order valence-corrected chi connectivity index (χ2v) is 6.28. The van der Waals surface area contributed by atoms with Crippen molar-refractivity contribution in [3.05, 3.63) is 71.8 Å². The van der Waals surface area contributed by atoms with Gasteiger partial charge in [-0.2, -0.15) is 0 Å². The summed E-state index contributed by atoms with van der Waals surface area (Å²) in [6, 6.07) is 17.6. The molecule has 1 saturated heterocycles. The summed E-state index contributed by atoms with van der Waals surface area (Å²) in [5.74, 6) is -0.728. The third-order valence-electron chi connectivity index (χ3n) is 4.31. The minimum atomic E-state index is -1.58. The Morgan fingerprint density at radius 2 is 1.56 bits per heavy atom. The highest BCUT2D eigenvalue weighted by Gasteiger charge is 2.46. The van der Waals surface area contributed by atoms with Crippen LogP contribution < -0.4 is 0 Å². The monoisotopic (exact) mass is 374 g/mol. The molecule has 1 heterocycles. The fraction of sp³-hybridized carbons (Fsp3) is 0.350. The van der Waals surface area contributed by atoms with Crippen LogP contribution in [0, 0.1) is 0 Å². The van der Waals surface area contributed by atoms with E-state index in [1.807, 2.05) is 30.3 Å². The lowest BCUT2D eigenvalue weighted by Gasteiger charge is -2.39. The summed E-state index contributed by atoms with van der Waals surface area (Å²) in [6.07, 6.45) is -6.82. The molecule has 0 radical (unpaired) electrons. The topological polar surface area (TPSA) is 105 Å². The molecule has 1 fully saturated rings. The number of benzene rings is 2. The molecule has 144 valence electrons. The van der Waals surface area contributed by atoms with E-state index in [9.17, 15) is 20.1 Å². The van der Waals surface area contributed by atoms with Crippen molar-refractivity contribution in [2.45, 2.75) is 37.3 Å². The summed E-state index contributed by atoms with van der Waals surface area (Å²) in [6.45, 7) is 0.259. The van der Waals surface area contributed by atoms with Gasteiger partial charge in [0.1, 0.15) is 18.3 Å². The Morgan fingerprint density at radius 3 is 2.22 bits per heavy atom. The van der Waals surface area contributed by atoms with Crippen LogP contribution in [0.1, 0.15) is 15.9 Å². The summed E-state index contributed by atoms with van der Waals surface area (Å²) in [7, 11) is 0. The number of carbonyl (C=O) groups is 1. The van der Waals surface area contributed by atoms with Crippen LogP contribution >= 0.6 is 0 Å². The Morgan fingerprint density at radius 1 is 0.926 bits per heavy atom. The molecule has 27 heavy (non-hydrogen) atoms. The first-order valence-electron chi connectivity index (χ1n) is 8.63. The highest BCUT2D eigenvalue weighted by molar-refractivity contribution is 5.89. The number of hydrogen-bond donors (Lipinski definition) is 3. The maximum absolute atomic E-state index is 12.1. The summed E-state index contributed by atoms with van der Waals surface area (Å²) in [5, 5.41) is 30.6. The largest absolute Gasteiger partial charge is 0.450 e. The molecular formula is C20H22O7. The van der Waals surface area contributed by atoms with Gasteiger partial charge in [-0.3, -0.25) is 0 Å². The molecular weight excluding hydrogens is 352 g/mol. The number of carbonyl (C=O) groups excluding carboxylic acids is 1. The lowest BCUT2D eigenvalue weighted by molar-refractivity contribution is -0.288. The van der Waals surface area contributed by atoms with Crippen LogP contribution in [0.5, 0.6) is 0 Å². The Kier molecular flexibility index (Phi) is 6.54. The Bertz CT molecular complexity index is 722. The van der Waals surface area contributed by atoms with E-state index in [1.165, 1.54) is 0 Å². The number of ether oxygens (including phenoxy) is 3. The molecule has 1 aliphatic rings. The fourth-order valence-corrected chi connectivity index (χ4v) is 2.82. The molecule has 0 bridgehead atoms. The molecule has 5 atom stereocenters. The van der Waals surface area contributed by atoms with Crippen LogP contribution in [-0.4, -0.2) is 58.6 Å².